The molecule has 1 aliphatic carbocycles. The molecule has 0 radical (unpaired) electrons. The van der Waals surface area contributed by atoms with Gasteiger partial charge in [0.15, 0.2) is 0 Å². The van der Waals surface area contributed by atoms with Crippen molar-refractivity contribution in [3.8, 4) is 0 Å². The molecule has 3 atom stereocenters. The second kappa shape index (κ2) is 17.7. The van der Waals surface area contributed by atoms with Crippen LogP contribution < -0.4 is 16.0 Å². The summed E-state index contributed by atoms with van der Waals surface area (Å²) in [7, 11) is 0. The molecule has 10 nitrogen and oxygen atoms in total. The molecule has 0 aromatic rings. The zero-order valence-electron chi connectivity index (χ0n) is 25.5. The van der Waals surface area contributed by atoms with Crippen molar-refractivity contribution in [3.63, 3.8) is 0 Å². The lowest BCUT2D eigenvalue weighted by Crippen LogP contribution is -2.59. The van der Waals surface area contributed by atoms with Gasteiger partial charge in [-0.2, -0.15) is 0 Å². The number of ketones is 1. The minimum atomic E-state index is -0.989. The van der Waals surface area contributed by atoms with Gasteiger partial charge in [-0.3, -0.25) is 19.2 Å². The number of carbonyl (C=O) groups excluding carboxylic acids is 5. The first kappa shape index (κ1) is 35.1. The first-order chi connectivity index (χ1) is 18.8. The third kappa shape index (κ3) is 12.1. The molecule has 1 aliphatic heterocycles. The highest BCUT2D eigenvalue weighted by molar-refractivity contribution is 6.38. The quantitative estimate of drug-likeness (QED) is 0.243. The summed E-state index contributed by atoms with van der Waals surface area (Å²) in [4.78, 5) is 65.1. The highest BCUT2D eigenvalue weighted by atomic mass is 16.5. The second-order valence-corrected chi connectivity index (χ2v) is 12.1. The number of carbonyl (C=O) groups is 5. The van der Waals surface area contributed by atoms with Crippen LogP contribution in [0.15, 0.2) is 12.7 Å². The van der Waals surface area contributed by atoms with Gasteiger partial charge in [0.2, 0.25) is 17.6 Å². The van der Waals surface area contributed by atoms with Crippen molar-refractivity contribution in [2.45, 2.75) is 117 Å². The van der Waals surface area contributed by atoms with Crippen molar-refractivity contribution < 1.29 is 28.7 Å². The van der Waals surface area contributed by atoms with Gasteiger partial charge in [-0.1, -0.05) is 86.1 Å². The fraction of sp³-hybridized carbons (Fsp3) is 0.767. The molecule has 1 unspecified atom stereocenters. The number of amides is 4. The van der Waals surface area contributed by atoms with Crippen molar-refractivity contribution in [1.29, 1.82) is 0 Å². The Morgan fingerprint density at radius 2 is 1.60 bits per heavy atom. The summed E-state index contributed by atoms with van der Waals surface area (Å²) in [5.74, 6) is -2.26. The van der Waals surface area contributed by atoms with Crippen molar-refractivity contribution in [3.05, 3.63) is 12.7 Å². The van der Waals surface area contributed by atoms with Crippen LogP contribution in [0.2, 0.25) is 0 Å². The third-order valence-electron chi connectivity index (χ3n) is 6.85. The molecule has 2 aliphatic rings. The molecule has 2 fully saturated rings. The number of hydrogen-bond acceptors (Lipinski definition) is 6. The summed E-state index contributed by atoms with van der Waals surface area (Å²) in [5.41, 5.74) is -0.637. The van der Waals surface area contributed by atoms with Gasteiger partial charge in [0.05, 0.1) is 12.6 Å². The SMILES string of the molecule is C1CCCC1.C=CCNC(=O)C(=O)C(CCC)NC(=O)[C@@H]1CCCN1C(=O)[C@@H](NC(=O)OCC(C)C)C(C)(C)C. The van der Waals surface area contributed by atoms with Gasteiger partial charge in [-0.05, 0) is 30.6 Å². The Morgan fingerprint density at radius 1 is 1.00 bits per heavy atom. The monoisotopic (exact) mass is 564 g/mol. The standard InChI is InChI=1S/C25H42N4O6.C5H10/c1-8-11-17(19(30)22(32)26-13-9-2)27-21(31)18-12-10-14-29(18)23(33)20(25(5,6)7)28-24(34)35-15-16(3)4;1-2-4-5-3-1/h9,16-18,20H,2,8,10-15H2,1,3-7H3,(H,26,32)(H,27,31)(H,28,34);1-5H2/t17?,18-,20+;/m0./s1. The van der Waals surface area contributed by atoms with Crippen LogP contribution in [0.3, 0.4) is 0 Å². The third-order valence-corrected chi connectivity index (χ3v) is 6.85. The van der Waals surface area contributed by atoms with Crippen LogP contribution in [-0.2, 0) is 23.9 Å². The summed E-state index contributed by atoms with van der Waals surface area (Å²) >= 11 is 0. The summed E-state index contributed by atoms with van der Waals surface area (Å²) in [6, 6.07) is -2.70. The van der Waals surface area contributed by atoms with Crippen LogP contribution in [0.4, 0.5) is 4.79 Å². The Hall–Kier alpha value is -2.91. The predicted octanol–water partition coefficient (Wildman–Crippen LogP) is 3.88. The van der Waals surface area contributed by atoms with E-state index >= 15 is 0 Å². The van der Waals surface area contributed by atoms with E-state index in [4.69, 9.17) is 4.74 Å². The zero-order chi connectivity index (χ0) is 30.3. The average Bonchev–Trinajstić information content (AvgIpc) is 3.63. The van der Waals surface area contributed by atoms with Crippen molar-refractivity contribution in [1.82, 2.24) is 20.9 Å². The van der Waals surface area contributed by atoms with Gasteiger partial charge < -0.3 is 25.6 Å². The van der Waals surface area contributed by atoms with Gasteiger partial charge >= 0.3 is 6.09 Å². The molecule has 1 saturated carbocycles. The molecular formula is C30H52N4O6. The maximum atomic E-state index is 13.5. The van der Waals surface area contributed by atoms with E-state index in [-0.39, 0.29) is 19.1 Å². The first-order valence-corrected chi connectivity index (χ1v) is 14.8. The molecule has 0 spiro atoms. The number of likely N-dealkylation sites (tertiary alicyclic amines) is 1. The maximum Gasteiger partial charge on any atom is 0.407 e. The summed E-state index contributed by atoms with van der Waals surface area (Å²) in [5, 5.41) is 7.77. The van der Waals surface area contributed by atoms with Crippen LogP contribution in [0.25, 0.3) is 0 Å². The van der Waals surface area contributed by atoms with Gasteiger partial charge in [0, 0.05) is 13.1 Å². The van der Waals surface area contributed by atoms with E-state index in [1.165, 1.54) is 43.1 Å². The molecule has 1 saturated heterocycles. The predicted molar refractivity (Wildman–Crippen MR) is 155 cm³/mol. The number of ether oxygens (including phenoxy) is 1. The van der Waals surface area contributed by atoms with Crippen LogP contribution in [0, 0.1) is 11.3 Å². The van der Waals surface area contributed by atoms with Gasteiger partial charge in [-0.15, -0.1) is 6.58 Å². The summed E-state index contributed by atoms with van der Waals surface area (Å²) < 4.78 is 5.19. The Bertz CT molecular complexity index is 855. The molecule has 2 rings (SSSR count). The highest BCUT2D eigenvalue weighted by Gasteiger charge is 2.43. The van der Waals surface area contributed by atoms with E-state index in [1.807, 2.05) is 41.5 Å². The van der Waals surface area contributed by atoms with E-state index in [2.05, 4.69) is 22.5 Å². The van der Waals surface area contributed by atoms with E-state index in [1.54, 1.807) is 0 Å². The maximum absolute atomic E-state index is 13.5. The van der Waals surface area contributed by atoms with Gasteiger partial charge in [-0.25, -0.2) is 4.79 Å². The fourth-order valence-corrected chi connectivity index (χ4v) is 4.64. The average molecular weight is 565 g/mol. The van der Waals surface area contributed by atoms with Crippen molar-refractivity contribution >= 4 is 29.6 Å². The largest absolute Gasteiger partial charge is 0.449 e. The van der Waals surface area contributed by atoms with E-state index < -0.39 is 53.1 Å². The second-order valence-electron chi connectivity index (χ2n) is 12.1. The molecule has 4 amide bonds. The normalized spacial score (nSPS) is 18.2. The Kier molecular flexibility index (Phi) is 15.5. The molecule has 40 heavy (non-hydrogen) atoms. The number of nitrogens with one attached hydrogen (secondary N) is 3. The van der Waals surface area contributed by atoms with Gasteiger partial charge in [0.25, 0.3) is 5.91 Å². The van der Waals surface area contributed by atoms with Crippen LogP contribution in [0.5, 0.6) is 0 Å². The number of alkyl carbamates (subject to hydrolysis) is 1. The molecule has 1 heterocycles. The Labute approximate surface area is 240 Å². The fourth-order valence-electron chi connectivity index (χ4n) is 4.64. The lowest BCUT2D eigenvalue weighted by atomic mass is 9.85. The van der Waals surface area contributed by atoms with Gasteiger partial charge in [0.1, 0.15) is 12.1 Å². The molecule has 3 N–H and O–H groups in total. The minimum absolute atomic E-state index is 0.142. The lowest BCUT2D eigenvalue weighted by Gasteiger charge is -2.35. The Balaban J connectivity index is 0.00000143. The number of nitrogens with zero attached hydrogens (tertiary/aromatic N) is 1. The molecular weight excluding hydrogens is 512 g/mol. The van der Waals surface area contributed by atoms with E-state index in [0.29, 0.717) is 32.2 Å². The lowest BCUT2D eigenvalue weighted by molar-refractivity contribution is -0.143. The number of hydrogen-bond donors (Lipinski definition) is 3. The van der Waals surface area contributed by atoms with Crippen LogP contribution in [-0.4, -0.2) is 72.3 Å². The highest BCUT2D eigenvalue weighted by Crippen LogP contribution is 2.26. The molecule has 228 valence electrons. The first-order valence-electron chi connectivity index (χ1n) is 14.8. The molecule has 0 aromatic heterocycles. The van der Waals surface area contributed by atoms with E-state index in [9.17, 15) is 24.0 Å². The molecule has 0 bridgehead atoms. The van der Waals surface area contributed by atoms with E-state index in [0.717, 1.165) is 0 Å². The molecule has 10 heteroatoms. The minimum Gasteiger partial charge on any atom is -0.449 e. The number of rotatable bonds is 12. The molecule has 0 aromatic carbocycles. The Morgan fingerprint density at radius 3 is 2.10 bits per heavy atom. The van der Waals surface area contributed by atoms with Crippen molar-refractivity contribution in [2.75, 3.05) is 19.7 Å². The topological polar surface area (TPSA) is 134 Å². The summed E-state index contributed by atoms with van der Waals surface area (Å²) in [6.45, 7) is 15.3. The smallest absolute Gasteiger partial charge is 0.407 e. The van der Waals surface area contributed by atoms with Crippen LogP contribution in [0.1, 0.15) is 99.3 Å². The van der Waals surface area contributed by atoms with Crippen molar-refractivity contribution in [2.24, 2.45) is 11.3 Å². The number of Topliss-reactive ketones (excluding diaryl/α,β-unsaturated/α-hetero) is 1. The van der Waals surface area contributed by atoms with Crippen LogP contribution >= 0.6 is 0 Å². The summed E-state index contributed by atoms with van der Waals surface area (Å²) in [6.07, 6.45) is 10.2. The zero-order valence-corrected chi connectivity index (χ0v) is 25.5.